The van der Waals surface area contributed by atoms with E-state index < -0.39 is 29.6 Å². The average Bonchev–Trinajstić information content (AvgIpc) is 3.23. The fourth-order valence-corrected chi connectivity index (χ4v) is 3.91. The van der Waals surface area contributed by atoms with Crippen LogP contribution in [0.15, 0.2) is 46.6 Å². The molecular weight excluding hydrogens is 396 g/mol. The van der Waals surface area contributed by atoms with Crippen LogP contribution in [0.25, 0.3) is 22.0 Å². The van der Waals surface area contributed by atoms with Crippen LogP contribution in [-0.2, 0) is 19.1 Å². The molecule has 0 aliphatic carbocycles. The van der Waals surface area contributed by atoms with Crippen LogP contribution in [0.4, 0.5) is 5.69 Å². The van der Waals surface area contributed by atoms with E-state index in [4.69, 9.17) is 9.47 Å². The van der Waals surface area contributed by atoms with Gasteiger partial charge in [-0.15, -0.1) is 11.3 Å². The minimum atomic E-state index is -1.23. The van der Waals surface area contributed by atoms with Crippen molar-refractivity contribution in [3.63, 3.8) is 0 Å². The number of nitrogens with one attached hydrogen (secondary N) is 1. The van der Waals surface area contributed by atoms with Gasteiger partial charge in [-0.25, -0.2) is 14.3 Å². The highest BCUT2D eigenvalue weighted by atomic mass is 32.1. The molecule has 1 aliphatic heterocycles. The quantitative estimate of drug-likeness (QED) is 0.647. The van der Waals surface area contributed by atoms with Gasteiger partial charge in [0.1, 0.15) is 0 Å². The monoisotopic (exact) mass is 412 g/mol. The van der Waals surface area contributed by atoms with Crippen LogP contribution < -0.4 is 10.9 Å². The Balaban J connectivity index is 2.05. The molecular formula is C19H16N4O5S. The number of aromatic nitrogens is 3. The summed E-state index contributed by atoms with van der Waals surface area (Å²) in [4.78, 5) is 42.8. The molecule has 0 bridgehead atoms. The van der Waals surface area contributed by atoms with Gasteiger partial charge in [-0.3, -0.25) is 4.79 Å². The Kier molecular flexibility index (Phi) is 4.85. The minimum Gasteiger partial charge on any atom is -0.467 e. The van der Waals surface area contributed by atoms with Crippen LogP contribution in [0.1, 0.15) is 6.04 Å². The molecule has 0 amide bonds. The number of carbonyl (C=O) groups excluding carboxylic acids is 2. The summed E-state index contributed by atoms with van der Waals surface area (Å²) < 4.78 is 11.1. The first-order valence-electron chi connectivity index (χ1n) is 8.61. The first kappa shape index (κ1) is 18.8. The maximum absolute atomic E-state index is 12.7. The second kappa shape index (κ2) is 7.47. The summed E-state index contributed by atoms with van der Waals surface area (Å²) in [6.45, 7) is 0. The molecule has 29 heavy (non-hydrogen) atoms. The van der Waals surface area contributed by atoms with Gasteiger partial charge in [-0.05, 0) is 23.6 Å². The summed E-state index contributed by atoms with van der Waals surface area (Å²) in [6.07, 6.45) is 0. The molecule has 0 fully saturated rings. The maximum Gasteiger partial charge on any atom is 0.333 e. The lowest BCUT2D eigenvalue weighted by atomic mass is 10.1. The third kappa shape index (κ3) is 3.17. The molecule has 0 saturated carbocycles. The number of esters is 2. The van der Waals surface area contributed by atoms with E-state index in [1.165, 1.54) is 30.2 Å². The number of thiophene rings is 1. The SMILES string of the molecule is COC(=O)[C@@H]1[C@H](C(=O)OC)Nc2ccccc2-c2nc(=O)c(-c3cccs3)nn21. The molecule has 1 N–H and O–H groups in total. The van der Waals surface area contributed by atoms with E-state index >= 15 is 0 Å². The van der Waals surface area contributed by atoms with Crippen molar-refractivity contribution in [3.05, 3.63) is 52.1 Å². The normalized spacial score (nSPS) is 17.3. The number of benzene rings is 1. The lowest BCUT2D eigenvalue weighted by molar-refractivity contribution is -0.152. The molecule has 10 heteroatoms. The zero-order chi connectivity index (χ0) is 20.5. The molecule has 0 saturated heterocycles. The van der Waals surface area contributed by atoms with Gasteiger partial charge in [0.05, 0.1) is 19.1 Å². The summed E-state index contributed by atoms with van der Waals surface area (Å²) >= 11 is 1.32. The lowest BCUT2D eigenvalue weighted by Gasteiger charge is -2.24. The smallest absolute Gasteiger partial charge is 0.333 e. The maximum atomic E-state index is 12.7. The molecule has 1 aromatic carbocycles. The number of fused-ring (bicyclic) bond motifs is 3. The van der Waals surface area contributed by atoms with E-state index in [-0.39, 0.29) is 11.5 Å². The van der Waals surface area contributed by atoms with E-state index in [2.05, 4.69) is 15.4 Å². The molecule has 9 nitrogen and oxygen atoms in total. The number of hydrogen-bond acceptors (Lipinski definition) is 9. The van der Waals surface area contributed by atoms with Gasteiger partial charge >= 0.3 is 17.5 Å². The summed E-state index contributed by atoms with van der Waals surface area (Å²) in [5, 5.41) is 9.26. The molecule has 3 aromatic rings. The molecule has 2 atom stereocenters. The highest BCUT2D eigenvalue weighted by molar-refractivity contribution is 7.13. The van der Waals surface area contributed by atoms with E-state index in [9.17, 15) is 14.4 Å². The Hall–Kier alpha value is -3.53. The minimum absolute atomic E-state index is 0.0839. The fourth-order valence-electron chi connectivity index (χ4n) is 3.21. The van der Waals surface area contributed by atoms with Gasteiger partial charge in [-0.1, -0.05) is 18.2 Å². The Morgan fingerprint density at radius 3 is 2.55 bits per heavy atom. The van der Waals surface area contributed by atoms with Gasteiger partial charge in [-0.2, -0.15) is 10.1 Å². The zero-order valence-corrected chi connectivity index (χ0v) is 16.3. The fraction of sp³-hybridized carbons (Fsp3) is 0.211. The van der Waals surface area contributed by atoms with Crippen molar-refractivity contribution < 1.29 is 19.1 Å². The summed E-state index contributed by atoms with van der Waals surface area (Å²) in [7, 11) is 2.44. The second-order valence-corrected chi connectivity index (χ2v) is 7.12. The molecule has 1 aliphatic rings. The van der Waals surface area contributed by atoms with E-state index in [1.54, 1.807) is 41.8 Å². The first-order valence-corrected chi connectivity index (χ1v) is 9.49. The molecule has 2 aromatic heterocycles. The van der Waals surface area contributed by atoms with Gasteiger partial charge < -0.3 is 14.8 Å². The Morgan fingerprint density at radius 2 is 1.86 bits per heavy atom. The molecule has 0 radical (unpaired) electrons. The van der Waals surface area contributed by atoms with Crippen LogP contribution in [0.5, 0.6) is 0 Å². The van der Waals surface area contributed by atoms with Gasteiger partial charge in [0.15, 0.2) is 23.6 Å². The molecule has 3 heterocycles. The second-order valence-electron chi connectivity index (χ2n) is 6.17. The molecule has 148 valence electrons. The highest BCUT2D eigenvalue weighted by Crippen LogP contribution is 2.34. The van der Waals surface area contributed by atoms with Crippen molar-refractivity contribution in [3.8, 4) is 22.0 Å². The van der Waals surface area contributed by atoms with Crippen LogP contribution in [0.2, 0.25) is 0 Å². The largest absolute Gasteiger partial charge is 0.467 e. The third-order valence-electron chi connectivity index (χ3n) is 4.55. The standard InChI is InChI=1S/C19H16N4O5S/c1-27-18(25)14-15(19(26)28-2)23-16(10-6-3-4-7-11(10)20-14)21-17(24)13(22-23)12-8-5-9-29-12/h3-9,14-15,20H,1-2H3/t14-,15+/m1/s1. The number of nitrogens with zero attached hydrogens (tertiary/aromatic N) is 3. The lowest BCUT2D eigenvalue weighted by Crippen LogP contribution is -2.44. The van der Waals surface area contributed by atoms with E-state index in [0.717, 1.165) is 0 Å². The van der Waals surface area contributed by atoms with Crippen molar-refractivity contribution in [1.29, 1.82) is 0 Å². The van der Waals surface area contributed by atoms with Crippen LogP contribution in [0, 0.1) is 0 Å². The molecule has 0 spiro atoms. The number of carbonyl (C=O) groups is 2. The van der Waals surface area contributed by atoms with Crippen molar-refractivity contribution in [2.24, 2.45) is 0 Å². The number of hydrogen-bond donors (Lipinski definition) is 1. The molecule has 4 rings (SSSR count). The van der Waals surface area contributed by atoms with Crippen molar-refractivity contribution in [1.82, 2.24) is 14.8 Å². The molecule has 0 unspecified atom stereocenters. The van der Waals surface area contributed by atoms with Gasteiger partial charge in [0.2, 0.25) is 0 Å². The Morgan fingerprint density at radius 1 is 1.10 bits per heavy atom. The number of para-hydroxylation sites is 1. The van der Waals surface area contributed by atoms with Crippen LogP contribution in [0.3, 0.4) is 0 Å². The number of rotatable bonds is 3. The predicted molar refractivity (Wildman–Crippen MR) is 106 cm³/mol. The number of anilines is 1. The summed E-state index contributed by atoms with van der Waals surface area (Å²) in [5.74, 6) is -1.25. The average molecular weight is 412 g/mol. The van der Waals surface area contributed by atoms with Crippen LogP contribution in [-0.4, -0.2) is 47.0 Å². The third-order valence-corrected chi connectivity index (χ3v) is 5.42. The van der Waals surface area contributed by atoms with E-state index in [0.29, 0.717) is 16.1 Å². The van der Waals surface area contributed by atoms with Crippen molar-refractivity contribution >= 4 is 29.0 Å². The van der Waals surface area contributed by atoms with Crippen molar-refractivity contribution in [2.75, 3.05) is 19.5 Å². The van der Waals surface area contributed by atoms with Crippen molar-refractivity contribution in [2.45, 2.75) is 12.1 Å². The summed E-state index contributed by atoms with van der Waals surface area (Å²) in [6, 6.07) is 8.10. The Labute approximate surface area is 168 Å². The van der Waals surface area contributed by atoms with E-state index in [1.807, 2.05) is 0 Å². The van der Waals surface area contributed by atoms with Gasteiger partial charge in [0, 0.05) is 11.3 Å². The first-order chi connectivity index (χ1) is 14.0. The number of ether oxygens (including phenoxy) is 2. The van der Waals surface area contributed by atoms with Crippen LogP contribution >= 0.6 is 11.3 Å². The highest BCUT2D eigenvalue weighted by Gasteiger charge is 2.42. The zero-order valence-electron chi connectivity index (χ0n) is 15.5. The predicted octanol–water partition coefficient (Wildman–Crippen LogP) is 1.71. The topological polar surface area (TPSA) is 112 Å². The number of methoxy groups -OCH3 is 2. The summed E-state index contributed by atoms with van der Waals surface area (Å²) in [5.41, 5.74) is 0.588. The van der Waals surface area contributed by atoms with Gasteiger partial charge in [0.25, 0.3) is 0 Å². The Bertz CT molecular complexity index is 1140.